The normalized spacial score (nSPS) is 12.0. The van der Waals surface area contributed by atoms with Crippen LogP contribution in [-0.4, -0.2) is 44.9 Å². The predicted molar refractivity (Wildman–Crippen MR) is 431 cm³/mol. The van der Waals surface area contributed by atoms with Gasteiger partial charge in [0, 0.05) is 118 Å². The topological polar surface area (TPSA) is 116 Å². The molecule has 0 fully saturated rings. The summed E-state index contributed by atoms with van der Waals surface area (Å²) in [6.07, 6.45) is -13.3. The van der Waals surface area contributed by atoms with E-state index in [1.807, 2.05) is 255 Å². The molecule has 0 aliphatic carbocycles. The van der Waals surface area contributed by atoms with Crippen molar-refractivity contribution >= 4 is 97.7 Å². The largest absolute Gasteiger partial charge is 0.381 e. The second-order valence-corrected chi connectivity index (χ2v) is 27.3. The molecule has 9 nitrogen and oxygen atoms in total. The molecule has 0 aliphatic rings. The molecule has 555 valence electrons. The first-order chi connectivity index (χ1) is 55.4. The van der Waals surface area contributed by atoms with Crippen LogP contribution in [0.5, 0.6) is 0 Å². The van der Waals surface area contributed by atoms with E-state index in [4.69, 9.17) is 44.9 Å². The third-order valence-corrected chi connectivity index (χ3v) is 20.3. The summed E-state index contributed by atoms with van der Waals surface area (Å²) in [6, 6.07) is 102. The first-order valence-electron chi connectivity index (χ1n) is 36.1. The molecule has 115 heavy (non-hydrogen) atoms. The number of pyridine rings is 3. The van der Waals surface area contributed by atoms with Crippen LogP contribution in [0, 0.1) is 18.2 Å². The minimum absolute atomic E-state index is 0. The Labute approximate surface area is 662 Å². The van der Waals surface area contributed by atoms with Crippen LogP contribution >= 0.6 is 0 Å². The number of alkyl halides is 9. The molecule has 0 saturated heterocycles. The molecule has 21 aromatic rings. The summed E-state index contributed by atoms with van der Waals surface area (Å²) in [4.78, 5) is 44.0. The minimum atomic E-state index is -4.43. The van der Waals surface area contributed by atoms with Crippen LogP contribution in [0.1, 0.15) is 16.7 Å². The summed E-state index contributed by atoms with van der Waals surface area (Å²) in [6.45, 7) is 0. The molecule has 6 heterocycles. The van der Waals surface area contributed by atoms with Gasteiger partial charge in [-0.1, -0.05) is 218 Å². The van der Waals surface area contributed by atoms with Crippen LogP contribution in [0.2, 0.25) is 0 Å². The zero-order chi connectivity index (χ0) is 77.6. The molecule has 0 spiro atoms. The molecule has 0 bridgehead atoms. The first-order valence-corrected chi connectivity index (χ1v) is 36.1. The van der Waals surface area contributed by atoms with Crippen LogP contribution in [0.15, 0.2) is 309 Å². The van der Waals surface area contributed by atoms with Gasteiger partial charge in [-0.3, -0.25) is 29.9 Å². The van der Waals surface area contributed by atoms with Gasteiger partial charge < -0.3 is 0 Å². The van der Waals surface area contributed by atoms with Crippen molar-refractivity contribution < 1.29 is 59.6 Å². The average molecular weight is 1690 g/mol. The number of halogens is 9. The fraction of sp³-hybridized carbons (Fsp3) is 0.0312. The predicted octanol–water partition coefficient (Wildman–Crippen LogP) is 25.8. The smallest absolute Gasteiger partial charge is 0.277 e. The van der Waals surface area contributed by atoms with Gasteiger partial charge in [-0.25, -0.2) is 15.0 Å². The molecule has 0 atom stereocenters. The SMILES string of the molecule is FC(F)(F)c1c[c-]c(-c2nc3ccc4c(-c5ccccc5)nc(-c5ccccc5)c5ccc(n2)c3c45)cc1.FC(F)(F)c1c[c-]c(-c2nc3ccc4c(-c5ccccc5)nc(-c5ccccc5)c5ccc(n2)c3c45)cc1.FC(F)(F)c1c[c-]c(-c2nc3ccc4c(-c5ccccc5)nc(-c5ccccc5)c5ccc(n2)c3c45)cc1.[Ir]. The number of hydrogen-bond donors (Lipinski definition) is 0. The molecule has 15 aromatic carbocycles. The molecular formula is C96H51F9IrN9-3. The summed E-state index contributed by atoms with van der Waals surface area (Å²) in [5, 5.41) is 11.6. The molecule has 0 N–H and O–H groups in total. The van der Waals surface area contributed by atoms with Crippen molar-refractivity contribution in [2.75, 3.05) is 0 Å². The number of benzene rings is 15. The van der Waals surface area contributed by atoms with E-state index >= 15 is 0 Å². The van der Waals surface area contributed by atoms with Crippen LogP contribution in [0.25, 0.3) is 199 Å². The first kappa shape index (κ1) is 72.7. The minimum Gasteiger partial charge on any atom is -0.277 e. The maximum absolute atomic E-state index is 13.0. The molecule has 0 amide bonds. The monoisotopic (exact) mass is 1690 g/mol. The standard InChI is InChI=1S/3C32H17F3N3.Ir/c3*33-32(34,35)22-13-11-21(12-14-22)31-36-25-17-15-23-27-24(16-18-26(37-31)28(25)27)30(20-9-5-2-6-10-20)38-29(23)19-7-3-1-4-8-19;/h3*1-11,13-18H;/q3*-1;. The van der Waals surface area contributed by atoms with Crippen molar-refractivity contribution in [1.82, 2.24) is 44.9 Å². The number of rotatable bonds is 9. The van der Waals surface area contributed by atoms with Crippen LogP contribution in [-0.2, 0) is 38.6 Å². The van der Waals surface area contributed by atoms with E-state index in [9.17, 15) is 39.5 Å². The second kappa shape index (κ2) is 29.0. The molecule has 1 radical (unpaired) electrons. The summed E-state index contributed by atoms with van der Waals surface area (Å²) < 4.78 is 117. The Bertz CT molecular complexity index is 6170. The van der Waals surface area contributed by atoms with Gasteiger partial charge >= 0.3 is 18.5 Å². The molecule has 0 unspecified atom stereocenters. The third kappa shape index (κ3) is 13.4. The molecule has 0 aliphatic heterocycles. The molecule has 19 heteroatoms. The van der Waals surface area contributed by atoms with Crippen molar-refractivity contribution in [2.45, 2.75) is 18.5 Å². The van der Waals surface area contributed by atoms with Crippen molar-refractivity contribution in [3.8, 4) is 102 Å². The number of hydrogen-bond acceptors (Lipinski definition) is 9. The van der Waals surface area contributed by atoms with Crippen LogP contribution in [0.4, 0.5) is 39.5 Å². The van der Waals surface area contributed by atoms with Crippen LogP contribution in [0.3, 0.4) is 0 Å². The summed E-state index contributed by atoms with van der Waals surface area (Å²) in [5.74, 6) is 0.984. The summed E-state index contributed by atoms with van der Waals surface area (Å²) >= 11 is 0. The van der Waals surface area contributed by atoms with E-state index < -0.39 is 35.2 Å². The second-order valence-electron chi connectivity index (χ2n) is 27.3. The zero-order valence-electron chi connectivity index (χ0n) is 59.7. The average Bonchev–Trinajstić information content (AvgIpc) is 0.729. The molecule has 0 saturated carbocycles. The van der Waals surface area contributed by atoms with Gasteiger partial charge in [-0.2, -0.15) is 39.5 Å². The fourth-order valence-corrected chi connectivity index (χ4v) is 15.1. The molecular weight excluding hydrogens is 1640 g/mol. The van der Waals surface area contributed by atoms with Gasteiger partial charge in [0.2, 0.25) is 0 Å². The maximum atomic E-state index is 13.0. The quantitative estimate of drug-likeness (QED) is 0.0791. The van der Waals surface area contributed by atoms with E-state index in [0.717, 1.165) is 169 Å². The Morgan fingerprint density at radius 2 is 0.374 bits per heavy atom. The van der Waals surface area contributed by atoms with Crippen LogP contribution < -0.4 is 0 Å². The Morgan fingerprint density at radius 1 is 0.191 bits per heavy atom. The van der Waals surface area contributed by atoms with Gasteiger partial charge in [-0.05, 0) is 53.1 Å². The molecule has 6 aromatic heterocycles. The number of nitrogens with zero attached hydrogens (tertiary/aromatic N) is 9. The zero-order valence-corrected chi connectivity index (χ0v) is 62.1. The van der Waals surface area contributed by atoms with Gasteiger partial charge in [0.1, 0.15) is 0 Å². The van der Waals surface area contributed by atoms with Gasteiger partial charge in [0.15, 0.2) is 0 Å². The number of aromatic nitrogens is 9. The third-order valence-electron chi connectivity index (χ3n) is 20.3. The van der Waals surface area contributed by atoms with Gasteiger partial charge in [0.05, 0.1) is 84.7 Å². The van der Waals surface area contributed by atoms with Gasteiger partial charge in [-0.15, -0.1) is 89.5 Å². The Kier molecular flexibility index (Phi) is 18.3. The Morgan fingerprint density at radius 3 is 0.530 bits per heavy atom. The van der Waals surface area contributed by atoms with E-state index in [-0.39, 0.29) is 20.1 Å². The maximum Gasteiger partial charge on any atom is 0.381 e. The van der Waals surface area contributed by atoms with E-state index in [1.54, 1.807) is 0 Å². The van der Waals surface area contributed by atoms with Gasteiger partial charge in [0.25, 0.3) is 0 Å². The van der Waals surface area contributed by atoms with E-state index in [0.29, 0.717) is 67.3 Å². The van der Waals surface area contributed by atoms with E-state index in [2.05, 4.69) is 18.2 Å². The molecule has 21 rings (SSSR count). The van der Waals surface area contributed by atoms with E-state index in [1.165, 1.54) is 18.2 Å². The van der Waals surface area contributed by atoms with Crippen molar-refractivity contribution in [3.63, 3.8) is 0 Å². The fourth-order valence-electron chi connectivity index (χ4n) is 15.1. The Hall–Kier alpha value is -13.9. The summed E-state index contributed by atoms with van der Waals surface area (Å²) in [5.41, 5.74) is 14.4. The Balaban J connectivity index is 0.000000119. The van der Waals surface area contributed by atoms with Crippen molar-refractivity contribution in [1.29, 1.82) is 0 Å². The van der Waals surface area contributed by atoms with Crippen molar-refractivity contribution in [3.05, 3.63) is 344 Å². The van der Waals surface area contributed by atoms with Crippen molar-refractivity contribution in [2.24, 2.45) is 0 Å². The summed E-state index contributed by atoms with van der Waals surface area (Å²) in [7, 11) is 0.